The van der Waals surface area contributed by atoms with Gasteiger partial charge in [0.25, 0.3) is 11.8 Å². The van der Waals surface area contributed by atoms with Gasteiger partial charge in [-0.1, -0.05) is 37.3 Å². The molecule has 4 aromatic rings. The molecule has 0 bridgehead atoms. The van der Waals surface area contributed by atoms with Crippen LogP contribution in [0.3, 0.4) is 0 Å². The maximum Gasteiger partial charge on any atom is 0.259 e. The van der Waals surface area contributed by atoms with Gasteiger partial charge in [-0.25, -0.2) is 0 Å². The molecule has 0 atom stereocenters. The number of methoxy groups -OCH3 is 1. The molecule has 2 heterocycles. The van der Waals surface area contributed by atoms with Crippen LogP contribution in [-0.4, -0.2) is 23.5 Å². The largest absolute Gasteiger partial charge is 0.496 e. The van der Waals surface area contributed by atoms with Crippen molar-refractivity contribution in [2.45, 2.75) is 13.3 Å². The van der Waals surface area contributed by atoms with Gasteiger partial charge in [-0.3, -0.25) is 14.9 Å². The summed E-state index contributed by atoms with van der Waals surface area (Å²) in [4.78, 5) is 25.5. The maximum atomic E-state index is 12.8. The Balaban J connectivity index is 1.99. The van der Waals surface area contributed by atoms with Crippen molar-refractivity contribution in [1.82, 2.24) is 9.88 Å². The number of benzene rings is 3. The summed E-state index contributed by atoms with van der Waals surface area (Å²) in [7, 11) is 3.64. The Morgan fingerprint density at radius 1 is 0.966 bits per heavy atom. The first-order valence-corrected chi connectivity index (χ1v) is 9.62. The van der Waals surface area contributed by atoms with Crippen molar-refractivity contribution in [3.63, 3.8) is 0 Å². The first-order valence-electron chi connectivity index (χ1n) is 9.62. The first kappa shape index (κ1) is 17.5. The average Bonchev–Trinajstić information content (AvgIpc) is 3.20. The maximum absolute atomic E-state index is 12.8. The third kappa shape index (κ3) is 2.34. The number of rotatable bonds is 3. The van der Waals surface area contributed by atoms with E-state index in [1.165, 1.54) is 0 Å². The smallest absolute Gasteiger partial charge is 0.259 e. The third-order valence-electron chi connectivity index (χ3n) is 5.84. The number of fused-ring (bicyclic) bond motifs is 5. The van der Waals surface area contributed by atoms with Crippen LogP contribution in [-0.2, 0) is 13.5 Å². The average molecular weight is 384 g/mol. The van der Waals surface area contributed by atoms with Crippen molar-refractivity contribution in [2.24, 2.45) is 7.05 Å². The summed E-state index contributed by atoms with van der Waals surface area (Å²) in [5.41, 5.74) is 5.60. The van der Waals surface area contributed by atoms with Crippen molar-refractivity contribution in [1.29, 1.82) is 0 Å². The SMILES string of the molecule is CCc1cc2c(cc1OC)c1c3c(c(-c4ccccc4)cc1n2C)C(=O)NC3=O. The Kier molecular flexibility index (Phi) is 3.74. The van der Waals surface area contributed by atoms with E-state index in [9.17, 15) is 9.59 Å². The van der Waals surface area contributed by atoms with E-state index in [1.54, 1.807) is 7.11 Å². The van der Waals surface area contributed by atoms with Crippen LogP contribution in [0, 0.1) is 0 Å². The molecule has 0 saturated heterocycles. The molecule has 0 aliphatic carbocycles. The predicted molar refractivity (Wildman–Crippen MR) is 114 cm³/mol. The Hall–Kier alpha value is -3.60. The van der Waals surface area contributed by atoms with E-state index in [1.807, 2.05) is 49.5 Å². The zero-order valence-corrected chi connectivity index (χ0v) is 16.5. The summed E-state index contributed by atoms with van der Waals surface area (Å²) in [6, 6.07) is 15.8. The summed E-state index contributed by atoms with van der Waals surface area (Å²) < 4.78 is 7.68. The highest BCUT2D eigenvalue weighted by Gasteiger charge is 2.34. The molecule has 1 aliphatic heterocycles. The van der Waals surface area contributed by atoms with Gasteiger partial charge in [0.1, 0.15) is 5.75 Å². The highest BCUT2D eigenvalue weighted by Crippen LogP contribution is 2.41. The molecular formula is C24H20N2O3. The van der Waals surface area contributed by atoms with Crippen molar-refractivity contribution < 1.29 is 14.3 Å². The zero-order chi connectivity index (χ0) is 20.3. The lowest BCUT2D eigenvalue weighted by Gasteiger charge is -2.09. The summed E-state index contributed by atoms with van der Waals surface area (Å²) >= 11 is 0. The molecule has 1 aliphatic rings. The number of nitrogens with zero attached hydrogens (tertiary/aromatic N) is 1. The van der Waals surface area contributed by atoms with E-state index in [0.717, 1.165) is 50.7 Å². The van der Waals surface area contributed by atoms with Gasteiger partial charge >= 0.3 is 0 Å². The van der Waals surface area contributed by atoms with Gasteiger partial charge < -0.3 is 9.30 Å². The molecule has 5 rings (SSSR count). The number of carbonyl (C=O) groups excluding carboxylic acids is 2. The van der Waals surface area contributed by atoms with E-state index >= 15 is 0 Å². The van der Waals surface area contributed by atoms with Crippen molar-refractivity contribution in [3.05, 3.63) is 65.2 Å². The number of ether oxygens (including phenoxy) is 1. The Morgan fingerprint density at radius 2 is 1.69 bits per heavy atom. The Bertz CT molecular complexity index is 1330. The molecule has 2 amide bonds. The molecule has 0 saturated carbocycles. The lowest BCUT2D eigenvalue weighted by molar-refractivity contribution is 0.0880. The summed E-state index contributed by atoms with van der Waals surface area (Å²) in [5, 5.41) is 4.20. The van der Waals surface area contributed by atoms with E-state index in [4.69, 9.17) is 4.74 Å². The molecule has 1 aromatic heterocycles. The number of carbonyl (C=O) groups is 2. The molecular weight excluding hydrogens is 364 g/mol. The third-order valence-corrected chi connectivity index (χ3v) is 5.84. The zero-order valence-electron chi connectivity index (χ0n) is 16.5. The van der Waals surface area contributed by atoms with Crippen LogP contribution in [0.5, 0.6) is 5.75 Å². The fourth-order valence-electron chi connectivity index (χ4n) is 4.43. The number of hydrogen-bond acceptors (Lipinski definition) is 3. The van der Waals surface area contributed by atoms with Gasteiger partial charge in [-0.05, 0) is 41.3 Å². The molecule has 3 aromatic carbocycles. The molecule has 5 nitrogen and oxygen atoms in total. The Morgan fingerprint density at radius 3 is 2.38 bits per heavy atom. The highest BCUT2D eigenvalue weighted by molar-refractivity contribution is 6.32. The highest BCUT2D eigenvalue weighted by atomic mass is 16.5. The normalized spacial score (nSPS) is 13.2. The summed E-state index contributed by atoms with van der Waals surface area (Å²) in [6.45, 7) is 2.09. The van der Waals surface area contributed by atoms with Gasteiger partial charge in [-0.15, -0.1) is 0 Å². The molecule has 0 unspecified atom stereocenters. The van der Waals surface area contributed by atoms with Crippen LogP contribution >= 0.6 is 0 Å². The van der Waals surface area contributed by atoms with E-state index in [-0.39, 0.29) is 11.8 Å². The molecule has 1 N–H and O–H groups in total. The number of imide groups is 1. The number of hydrogen-bond donors (Lipinski definition) is 1. The van der Waals surface area contributed by atoms with E-state index < -0.39 is 0 Å². The molecule has 5 heteroatoms. The number of amides is 2. The molecule has 0 spiro atoms. The topological polar surface area (TPSA) is 60.3 Å². The number of aromatic nitrogens is 1. The molecule has 144 valence electrons. The second kappa shape index (κ2) is 6.21. The van der Waals surface area contributed by atoms with Crippen LogP contribution < -0.4 is 10.1 Å². The lowest BCUT2D eigenvalue weighted by Crippen LogP contribution is -2.20. The minimum atomic E-state index is -0.348. The lowest BCUT2D eigenvalue weighted by atomic mass is 9.92. The van der Waals surface area contributed by atoms with Gasteiger partial charge in [0.2, 0.25) is 0 Å². The monoisotopic (exact) mass is 384 g/mol. The molecule has 0 radical (unpaired) electrons. The van der Waals surface area contributed by atoms with Crippen LogP contribution in [0.2, 0.25) is 0 Å². The summed E-state index contributed by atoms with van der Waals surface area (Å²) in [5.74, 6) is 0.0943. The van der Waals surface area contributed by atoms with Crippen molar-refractivity contribution in [3.8, 4) is 16.9 Å². The second-order valence-electron chi connectivity index (χ2n) is 7.31. The number of nitrogens with one attached hydrogen (secondary N) is 1. The summed E-state index contributed by atoms with van der Waals surface area (Å²) in [6.07, 6.45) is 0.840. The van der Waals surface area contributed by atoms with E-state index in [0.29, 0.717) is 11.1 Å². The molecule has 29 heavy (non-hydrogen) atoms. The minimum Gasteiger partial charge on any atom is -0.496 e. The van der Waals surface area contributed by atoms with E-state index in [2.05, 4.69) is 22.9 Å². The van der Waals surface area contributed by atoms with Crippen molar-refractivity contribution in [2.75, 3.05) is 7.11 Å². The fourth-order valence-corrected chi connectivity index (χ4v) is 4.43. The van der Waals surface area contributed by atoms with Crippen LogP contribution in [0.1, 0.15) is 33.2 Å². The van der Waals surface area contributed by atoms with Gasteiger partial charge in [0.15, 0.2) is 0 Å². The molecule has 0 fully saturated rings. The van der Waals surface area contributed by atoms with Crippen LogP contribution in [0.25, 0.3) is 32.9 Å². The quantitative estimate of drug-likeness (QED) is 0.531. The van der Waals surface area contributed by atoms with Gasteiger partial charge in [-0.2, -0.15) is 0 Å². The van der Waals surface area contributed by atoms with Crippen molar-refractivity contribution >= 4 is 33.6 Å². The predicted octanol–water partition coefficient (Wildman–Crippen LogP) is 4.45. The van der Waals surface area contributed by atoms with Crippen LogP contribution in [0.4, 0.5) is 0 Å². The van der Waals surface area contributed by atoms with Gasteiger partial charge in [0.05, 0.1) is 23.8 Å². The van der Waals surface area contributed by atoms with Crippen LogP contribution in [0.15, 0.2) is 48.5 Å². The second-order valence-corrected chi connectivity index (χ2v) is 7.31. The fraction of sp³-hybridized carbons (Fsp3) is 0.167. The minimum absolute atomic E-state index is 0.347. The first-order chi connectivity index (χ1) is 14.0. The van der Waals surface area contributed by atoms with Gasteiger partial charge in [0, 0.05) is 23.3 Å². The Labute approximate surface area is 167 Å². The standard InChI is InChI=1S/C24H20N2O3/c1-4-13-10-17-16(12-19(13)29-3)20-18(26(17)2)11-15(14-8-6-5-7-9-14)21-22(20)24(28)25-23(21)27/h5-12H,4H2,1-3H3,(H,25,27,28). The number of aryl methyl sites for hydroxylation is 2.